The van der Waals surface area contributed by atoms with Crippen LogP contribution in [-0.4, -0.2) is 28.2 Å². The molecule has 0 aliphatic heterocycles. The molecule has 0 radical (unpaired) electrons. The summed E-state index contributed by atoms with van der Waals surface area (Å²) in [5, 5.41) is 7.26. The second-order valence-corrected chi connectivity index (χ2v) is 8.60. The molecule has 4 rings (SSSR count). The molecule has 7 nitrogen and oxygen atoms in total. The van der Waals surface area contributed by atoms with E-state index in [0.717, 1.165) is 29.0 Å². The predicted molar refractivity (Wildman–Crippen MR) is 129 cm³/mol. The average molecular weight is 515 g/mol. The van der Waals surface area contributed by atoms with Crippen molar-refractivity contribution in [2.45, 2.75) is 19.3 Å². The number of carbonyl (C=O) groups excluding carboxylic acids is 2. The van der Waals surface area contributed by atoms with Crippen LogP contribution in [0.25, 0.3) is 0 Å². The fourth-order valence-corrected chi connectivity index (χ4v) is 4.02. The zero-order valence-corrected chi connectivity index (χ0v) is 19.6. The number of hydrogen-bond acceptors (Lipinski definition) is 6. The van der Waals surface area contributed by atoms with Gasteiger partial charge in [-0.15, -0.1) is 11.3 Å². The Balaban J connectivity index is 1.47. The van der Waals surface area contributed by atoms with E-state index in [1.807, 2.05) is 30.3 Å². The number of benzene rings is 2. The Kier molecular flexibility index (Phi) is 7.69. The number of rotatable bonds is 9. The number of nitrogens with zero attached hydrogens (tertiary/aromatic N) is 2. The molecular weight excluding hydrogens is 493 g/mol. The van der Waals surface area contributed by atoms with Gasteiger partial charge in [-0.2, -0.15) is 13.2 Å². The van der Waals surface area contributed by atoms with E-state index in [2.05, 4.69) is 15.6 Å². The van der Waals surface area contributed by atoms with Crippen LogP contribution in [0.1, 0.15) is 27.4 Å². The first-order chi connectivity index (χ1) is 17.3. The number of alkyl halides is 3. The number of hydrogen-bond donors (Lipinski definition) is 2. The Hall–Kier alpha value is -4.12. The predicted octanol–water partition coefficient (Wildman–Crippen LogP) is 5.46. The molecule has 2 aromatic heterocycles. The van der Waals surface area contributed by atoms with Crippen LogP contribution in [0.4, 0.5) is 24.0 Å². The van der Waals surface area contributed by atoms with Gasteiger partial charge in [-0.05, 0) is 35.9 Å². The molecule has 36 heavy (non-hydrogen) atoms. The lowest BCUT2D eigenvalue weighted by Gasteiger charge is -2.21. The number of furan rings is 1. The molecule has 0 saturated heterocycles. The van der Waals surface area contributed by atoms with Gasteiger partial charge in [-0.1, -0.05) is 36.4 Å². The van der Waals surface area contributed by atoms with Crippen molar-refractivity contribution in [2.24, 2.45) is 0 Å². The molecule has 0 bridgehead atoms. The van der Waals surface area contributed by atoms with E-state index < -0.39 is 17.6 Å². The summed E-state index contributed by atoms with van der Waals surface area (Å²) in [6, 6.07) is 17.3. The van der Waals surface area contributed by atoms with E-state index >= 15 is 0 Å². The van der Waals surface area contributed by atoms with Crippen LogP contribution in [0.3, 0.4) is 0 Å². The third-order valence-corrected chi connectivity index (χ3v) is 5.80. The highest BCUT2D eigenvalue weighted by Gasteiger charge is 2.30. The van der Waals surface area contributed by atoms with Crippen LogP contribution in [0.5, 0.6) is 0 Å². The minimum atomic E-state index is -4.48. The van der Waals surface area contributed by atoms with E-state index in [1.165, 1.54) is 28.7 Å². The fraction of sp³-hybridized carbons (Fsp3) is 0.160. The smallest absolute Gasteiger partial charge is 0.416 e. The Morgan fingerprint density at radius 1 is 1.03 bits per heavy atom. The molecule has 0 aliphatic carbocycles. The van der Waals surface area contributed by atoms with Crippen LogP contribution in [0, 0.1) is 0 Å². The molecule has 4 aromatic rings. The SMILES string of the molecule is O=C(CN(Cc1ccccc1)C(=O)c1csc(Nc2cccc(C(F)(F)F)c2)n1)NCc1ccco1. The first-order valence-corrected chi connectivity index (χ1v) is 11.7. The maximum atomic E-state index is 13.3. The van der Waals surface area contributed by atoms with Gasteiger partial charge in [0.15, 0.2) is 5.13 Å². The third-order valence-electron chi connectivity index (χ3n) is 5.04. The van der Waals surface area contributed by atoms with Gasteiger partial charge in [0.25, 0.3) is 5.91 Å². The van der Waals surface area contributed by atoms with E-state index in [1.54, 1.807) is 12.1 Å². The van der Waals surface area contributed by atoms with E-state index in [0.29, 0.717) is 5.76 Å². The minimum absolute atomic E-state index is 0.0734. The highest BCUT2D eigenvalue weighted by molar-refractivity contribution is 7.14. The lowest BCUT2D eigenvalue weighted by molar-refractivity contribution is -0.137. The van der Waals surface area contributed by atoms with Crippen molar-refractivity contribution in [2.75, 3.05) is 11.9 Å². The minimum Gasteiger partial charge on any atom is -0.467 e. The van der Waals surface area contributed by atoms with Gasteiger partial charge in [0.2, 0.25) is 5.91 Å². The van der Waals surface area contributed by atoms with Crippen molar-refractivity contribution in [3.8, 4) is 0 Å². The first kappa shape index (κ1) is 25.0. The summed E-state index contributed by atoms with van der Waals surface area (Å²) >= 11 is 1.07. The molecule has 2 aromatic carbocycles. The largest absolute Gasteiger partial charge is 0.467 e. The summed E-state index contributed by atoms with van der Waals surface area (Å²) in [6.45, 7) is 0.130. The van der Waals surface area contributed by atoms with Crippen LogP contribution in [-0.2, 0) is 24.1 Å². The van der Waals surface area contributed by atoms with E-state index in [-0.39, 0.29) is 42.1 Å². The van der Waals surface area contributed by atoms with E-state index in [9.17, 15) is 22.8 Å². The molecule has 186 valence electrons. The maximum Gasteiger partial charge on any atom is 0.416 e. The van der Waals surface area contributed by atoms with Crippen LogP contribution in [0.2, 0.25) is 0 Å². The molecule has 0 fully saturated rings. The van der Waals surface area contributed by atoms with Gasteiger partial charge in [-0.3, -0.25) is 9.59 Å². The zero-order valence-electron chi connectivity index (χ0n) is 18.8. The van der Waals surface area contributed by atoms with Gasteiger partial charge in [-0.25, -0.2) is 4.98 Å². The summed E-state index contributed by atoms with van der Waals surface area (Å²) < 4.78 is 44.2. The second-order valence-electron chi connectivity index (χ2n) is 7.74. The molecule has 0 unspecified atom stereocenters. The van der Waals surface area contributed by atoms with Gasteiger partial charge in [0.05, 0.1) is 18.4 Å². The van der Waals surface area contributed by atoms with Crippen molar-refractivity contribution in [1.29, 1.82) is 0 Å². The summed E-state index contributed by atoms with van der Waals surface area (Å²) in [4.78, 5) is 31.4. The number of amides is 2. The summed E-state index contributed by atoms with van der Waals surface area (Å²) in [6.07, 6.45) is -2.98. The summed E-state index contributed by atoms with van der Waals surface area (Å²) in [7, 11) is 0. The van der Waals surface area contributed by atoms with Gasteiger partial charge in [0, 0.05) is 17.6 Å². The fourth-order valence-electron chi connectivity index (χ4n) is 3.32. The molecule has 2 N–H and O–H groups in total. The topological polar surface area (TPSA) is 87.5 Å². The third kappa shape index (κ3) is 6.72. The van der Waals surface area contributed by atoms with Crippen LogP contribution in [0.15, 0.2) is 82.8 Å². The lowest BCUT2D eigenvalue weighted by Crippen LogP contribution is -2.40. The number of thiazole rings is 1. The van der Waals surface area contributed by atoms with E-state index in [4.69, 9.17) is 4.42 Å². The molecule has 2 heterocycles. The standard InChI is InChI=1S/C25H21F3N4O3S/c26-25(27,28)18-8-4-9-19(12-18)30-24-31-21(16-36-24)23(34)32(14-17-6-2-1-3-7-17)15-22(33)29-13-20-10-5-11-35-20/h1-12,16H,13-15H2,(H,29,33)(H,30,31). The lowest BCUT2D eigenvalue weighted by atomic mass is 10.2. The number of halogens is 3. The highest BCUT2D eigenvalue weighted by Crippen LogP contribution is 2.32. The summed E-state index contributed by atoms with van der Waals surface area (Å²) in [5.74, 6) is -0.289. The Morgan fingerprint density at radius 3 is 2.56 bits per heavy atom. The van der Waals surface area contributed by atoms with Crippen molar-refractivity contribution in [1.82, 2.24) is 15.2 Å². The van der Waals surface area contributed by atoms with Crippen LogP contribution >= 0.6 is 11.3 Å². The molecule has 0 atom stereocenters. The number of carbonyl (C=O) groups is 2. The monoisotopic (exact) mass is 514 g/mol. The quantitative estimate of drug-likeness (QED) is 0.310. The number of nitrogens with one attached hydrogen (secondary N) is 2. The van der Waals surface area contributed by atoms with Crippen molar-refractivity contribution >= 4 is 34.0 Å². The first-order valence-electron chi connectivity index (χ1n) is 10.8. The molecule has 0 saturated carbocycles. The van der Waals surface area contributed by atoms with Crippen molar-refractivity contribution < 1.29 is 27.2 Å². The molecule has 0 spiro atoms. The number of aromatic nitrogens is 1. The highest BCUT2D eigenvalue weighted by atomic mass is 32.1. The van der Waals surface area contributed by atoms with Gasteiger partial charge >= 0.3 is 6.18 Å². The Morgan fingerprint density at radius 2 is 1.83 bits per heavy atom. The Bertz CT molecular complexity index is 1310. The number of anilines is 2. The summed E-state index contributed by atoms with van der Waals surface area (Å²) in [5.41, 5.74) is 0.290. The average Bonchev–Trinajstić information content (AvgIpc) is 3.55. The van der Waals surface area contributed by atoms with Crippen molar-refractivity contribution in [3.63, 3.8) is 0 Å². The second kappa shape index (κ2) is 11.1. The normalized spacial score (nSPS) is 11.2. The maximum absolute atomic E-state index is 13.3. The van der Waals surface area contributed by atoms with Gasteiger partial charge < -0.3 is 20.0 Å². The zero-order chi connectivity index (χ0) is 25.5. The van der Waals surface area contributed by atoms with Crippen molar-refractivity contribution in [3.05, 3.63) is 101 Å². The molecule has 2 amide bonds. The van der Waals surface area contributed by atoms with Crippen LogP contribution < -0.4 is 10.6 Å². The molecular formula is C25H21F3N4O3S. The Labute approximate surface area is 208 Å². The van der Waals surface area contributed by atoms with Gasteiger partial charge in [0.1, 0.15) is 18.0 Å². The molecule has 11 heteroatoms. The molecule has 0 aliphatic rings.